The molecule has 0 bridgehead atoms. The number of rotatable bonds is 5. The Labute approximate surface area is 113 Å². The molecule has 0 aromatic carbocycles. The van der Waals surface area contributed by atoms with Crippen molar-refractivity contribution in [2.75, 3.05) is 13.2 Å². The molecule has 1 saturated heterocycles. The first-order chi connectivity index (χ1) is 8.79. The lowest BCUT2D eigenvalue weighted by Gasteiger charge is -2.34. The van der Waals surface area contributed by atoms with Crippen molar-refractivity contribution in [1.82, 2.24) is 0 Å². The monoisotopic (exact) mass is 253 g/mol. The Morgan fingerprint density at radius 3 is 2.28 bits per heavy atom. The molecule has 1 aliphatic carbocycles. The van der Waals surface area contributed by atoms with Crippen molar-refractivity contribution < 1.29 is 4.74 Å². The Hall–Kier alpha value is -0.0800. The molecule has 2 nitrogen and oxygen atoms in total. The van der Waals surface area contributed by atoms with Gasteiger partial charge in [0, 0.05) is 19.3 Å². The van der Waals surface area contributed by atoms with Gasteiger partial charge in [0.15, 0.2) is 0 Å². The summed E-state index contributed by atoms with van der Waals surface area (Å²) in [4.78, 5) is 0. The Morgan fingerprint density at radius 2 is 1.67 bits per heavy atom. The molecule has 1 heterocycles. The largest absolute Gasteiger partial charge is 0.381 e. The highest BCUT2D eigenvalue weighted by atomic mass is 16.5. The van der Waals surface area contributed by atoms with Crippen LogP contribution in [0.25, 0.3) is 0 Å². The van der Waals surface area contributed by atoms with Gasteiger partial charge in [0.2, 0.25) is 0 Å². The molecule has 0 amide bonds. The van der Waals surface area contributed by atoms with Crippen molar-refractivity contribution in [3.8, 4) is 0 Å². The van der Waals surface area contributed by atoms with Gasteiger partial charge in [-0.25, -0.2) is 0 Å². The smallest absolute Gasteiger partial charge is 0.0468 e. The molecule has 1 unspecified atom stereocenters. The molecule has 18 heavy (non-hydrogen) atoms. The van der Waals surface area contributed by atoms with Crippen molar-refractivity contribution in [3.63, 3.8) is 0 Å². The van der Waals surface area contributed by atoms with E-state index < -0.39 is 0 Å². The summed E-state index contributed by atoms with van der Waals surface area (Å²) in [6, 6.07) is 0.454. The second kappa shape index (κ2) is 7.49. The van der Waals surface area contributed by atoms with E-state index in [0.29, 0.717) is 6.04 Å². The van der Waals surface area contributed by atoms with Gasteiger partial charge in [0.25, 0.3) is 0 Å². The molecule has 0 radical (unpaired) electrons. The van der Waals surface area contributed by atoms with Gasteiger partial charge < -0.3 is 10.5 Å². The molecule has 0 spiro atoms. The molecule has 1 aliphatic heterocycles. The summed E-state index contributed by atoms with van der Waals surface area (Å²) < 4.78 is 5.43. The molecular formula is C16H31NO. The minimum absolute atomic E-state index is 0.454. The fourth-order valence-corrected chi connectivity index (χ4v) is 3.87. The van der Waals surface area contributed by atoms with Crippen LogP contribution in [0.5, 0.6) is 0 Å². The Balaban J connectivity index is 1.68. The molecule has 2 aliphatic rings. The van der Waals surface area contributed by atoms with Gasteiger partial charge in [-0.05, 0) is 49.9 Å². The molecule has 1 atom stereocenters. The topological polar surface area (TPSA) is 35.2 Å². The molecule has 2 N–H and O–H groups in total. The predicted octanol–water partition coefficient (Wildman–Crippen LogP) is 3.74. The summed E-state index contributed by atoms with van der Waals surface area (Å²) in [5.41, 5.74) is 6.46. The third kappa shape index (κ3) is 4.24. The quantitative estimate of drug-likeness (QED) is 0.810. The standard InChI is InChI=1S/C16H31NO/c1-2-3-13-4-6-15(7-5-13)16(17)12-14-8-10-18-11-9-14/h13-16H,2-12,17H2,1H3. The molecule has 1 saturated carbocycles. The summed E-state index contributed by atoms with van der Waals surface area (Å²) in [5.74, 6) is 2.64. The Kier molecular flexibility index (Phi) is 5.97. The van der Waals surface area contributed by atoms with Gasteiger partial charge in [-0.15, -0.1) is 0 Å². The van der Waals surface area contributed by atoms with Crippen LogP contribution in [-0.2, 0) is 4.74 Å². The predicted molar refractivity (Wildman–Crippen MR) is 76.5 cm³/mol. The Morgan fingerprint density at radius 1 is 1.00 bits per heavy atom. The van der Waals surface area contributed by atoms with E-state index in [9.17, 15) is 0 Å². The van der Waals surface area contributed by atoms with E-state index in [1.807, 2.05) is 0 Å². The van der Waals surface area contributed by atoms with E-state index >= 15 is 0 Å². The van der Waals surface area contributed by atoms with E-state index in [0.717, 1.165) is 31.0 Å². The lowest BCUT2D eigenvalue weighted by molar-refractivity contribution is 0.0581. The van der Waals surface area contributed by atoms with Gasteiger partial charge in [-0.2, -0.15) is 0 Å². The van der Waals surface area contributed by atoms with Crippen LogP contribution in [0.1, 0.15) is 64.7 Å². The third-order valence-corrected chi connectivity index (χ3v) is 5.14. The summed E-state index contributed by atoms with van der Waals surface area (Å²) in [6.07, 6.45) is 12.1. The highest BCUT2D eigenvalue weighted by Gasteiger charge is 2.27. The van der Waals surface area contributed by atoms with Gasteiger partial charge >= 0.3 is 0 Å². The number of hydrogen-bond acceptors (Lipinski definition) is 2. The summed E-state index contributed by atoms with van der Waals surface area (Å²) >= 11 is 0. The van der Waals surface area contributed by atoms with Crippen molar-refractivity contribution in [2.45, 2.75) is 70.8 Å². The minimum atomic E-state index is 0.454. The molecule has 2 rings (SSSR count). The van der Waals surface area contributed by atoms with E-state index in [4.69, 9.17) is 10.5 Å². The molecular weight excluding hydrogens is 222 g/mol. The van der Waals surface area contributed by atoms with Crippen LogP contribution >= 0.6 is 0 Å². The molecule has 0 aromatic heterocycles. The molecule has 2 fully saturated rings. The number of hydrogen-bond donors (Lipinski definition) is 1. The lowest BCUT2D eigenvalue weighted by Crippen LogP contribution is -2.36. The fourth-order valence-electron chi connectivity index (χ4n) is 3.87. The zero-order valence-electron chi connectivity index (χ0n) is 12.1. The average Bonchev–Trinajstić information content (AvgIpc) is 2.41. The molecule has 106 valence electrons. The van der Waals surface area contributed by atoms with E-state index in [-0.39, 0.29) is 0 Å². The van der Waals surface area contributed by atoms with Crippen molar-refractivity contribution >= 4 is 0 Å². The summed E-state index contributed by atoms with van der Waals surface area (Å²) in [5, 5.41) is 0. The first kappa shape index (κ1) is 14.3. The maximum atomic E-state index is 6.46. The van der Waals surface area contributed by atoms with Crippen molar-refractivity contribution in [3.05, 3.63) is 0 Å². The highest BCUT2D eigenvalue weighted by Crippen LogP contribution is 2.35. The third-order valence-electron chi connectivity index (χ3n) is 5.14. The highest BCUT2D eigenvalue weighted by molar-refractivity contribution is 4.82. The normalized spacial score (nSPS) is 32.3. The van der Waals surface area contributed by atoms with Crippen LogP contribution < -0.4 is 5.73 Å². The second-order valence-corrected chi connectivity index (χ2v) is 6.52. The maximum Gasteiger partial charge on any atom is 0.0468 e. The van der Waals surface area contributed by atoms with Gasteiger partial charge in [-0.3, -0.25) is 0 Å². The maximum absolute atomic E-state index is 6.46. The number of ether oxygens (including phenoxy) is 1. The van der Waals surface area contributed by atoms with Gasteiger partial charge in [0.05, 0.1) is 0 Å². The van der Waals surface area contributed by atoms with Gasteiger partial charge in [-0.1, -0.05) is 32.6 Å². The SMILES string of the molecule is CCCC1CCC(C(N)CC2CCOCC2)CC1. The van der Waals surface area contributed by atoms with Crippen LogP contribution in [0, 0.1) is 17.8 Å². The second-order valence-electron chi connectivity index (χ2n) is 6.52. The summed E-state index contributed by atoms with van der Waals surface area (Å²) in [7, 11) is 0. The first-order valence-electron chi connectivity index (χ1n) is 8.13. The van der Waals surface area contributed by atoms with Crippen LogP contribution in [-0.4, -0.2) is 19.3 Å². The van der Waals surface area contributed by atoms with Crippen molar-refractivity contribution in [2.24, 2.45) is 23.5 Å². The Bertz CT molecular complexity index is 217. The first-order valence-corrected chi connectivity index (χ1v) is 8.13. The minimum Gasteiger partial charge on any atom is -0.381 e. The van der Waals surface area contributed by atoms with Crippen LogP contribution in [0.3, 0.4) is 0 Å². The fraction of sp³-hybridized carbons (Fsp3) is 1.00. The van der Waals surface area contributed by atoms with Crippen LogP contribution in [0.2, 0.25) is 0 Å². The van der Waals surface area contributed by atoms with Gasteiger partial charge in [0.1, 0.15) is 0 Å². The summed E-state index contributed by atoms with van der Waals surface area (Å²) in [6.45, 7) is 4.23. The van der Waals surface area contributed by atoms with E-state index in [2.05, 4.69) is 6.92 Å². The average molecular weight is 253 g/mol. The lowest BCUT2D eigenvalue weighted by atomic mass is 9.75. The van der Waals surface area contributed by atoms with E-state index in [1.165, 1.54) is 57.8 Å². The van der Waals surface area contributed by atoms with Crippen LogP contribution in [0.15, 0.2) is 0 Å². The zero-order chi connectivity index (χ0) is 12.8. The molecule has 0 aromatic rings. The van der Waals surface area contributed by atoms with E-state index in [1.54, 1.807) is 0 Å². The number of nitrogens with two attached hydrogens (primary N) is 1. The van der Waals surface area contributed by atoms with Crippen LogP contribution in [0.4, 0.5) is 0 Å². The van der Waals surface area contributed by atoms with Crippen molar-refractivity contribution in [1.29, 1.82) is 0 Å². The molecule has 2 heteroatoms. The zero-order valence-corrected chi connectivity index (χ0v) is 12.1.